The molecule has 1 N–H and O–H groups in total. The molecule has 2 aromatic rings. The summed E-state index contributed by atoms with van der Waals surface area (Å²) in [5, 5.41) is 8.43. The molecule has 4 nitrogen and oxygen atoms in total. The van der Waals surface area contributed by atoms with Crippen LogP contribution < -0.4 is 5.32 Å². The van der Waals surface area contributed by atoms with E-state index in [9.17, 15) is 0 Å². The summed E-state index contributed by atoms with van der Waals surface area (Å²) in [4.78, 5) is 4.25. The standard InChI is InChI=1S/C13H15ClN4S/c14-12-4-1-5-15-13(12)18-8-11(7-16-18)17-10-3-2-6-19-9-10/h1,4-5,7-8,10,17H,2-3,6,9H2. The van der Waals surface area contributed by atoms with Crippen LogP contribution in [0.5, 0.6) is 0 Å². The summed E-state index contributed by atoms with van der Waals surface area (Å²) in [6.45, 7) is 0. The molecule has 1 atom stereocenters. The van der Waals surface area contributed by atoms with E-state index >= 15 is 0 Å². The molecule has 3 heterocycles. The van der Waals surface area contributed by atoms with Crippen molar-refractivity contribution < 1.29 is 0 Å². The predicted octanol–water partition coefficient (Wildman–Crippen LogP) is 3.23. The molecule has 1 aliphatic rings. The van der Waals surface area contributed by atoms with Crippen molar-refractivity contribution >= 4 is 29.1 Å². The highest BCUT2D eigenvalue weighted by atomic mass is 35.5. The third kappa shape index (κ3) is 3.04. The number of hydrogen-bond acceptors (Lipinski definition) is 4. The number of pyridine rings is 1. The zero-order chi connectivity index (χ0) is 13.1. The summed E-state index contributed by atoms with van der Waals surface area (Å²) < 4.78 is 1.71. The fourth-order valence-electron chi connectivity index (χ4n) is 2.15. The van der Waals surface area contributed by atoms with Crippen molar-refractivity contribution in [1.29, 1.82) is 0 Å². The summed E-state index contributed by atoms with van der Waals surface area (Å²) in [5.41, 5.74) is 1.02. The number of hydrogen-bond donors (Lipinski definition) is 1. The monoisotopic (exact) mass is 294 g/mol. The first-order valence-corrected chi connectivity index (χ1v) is 7.86. The van der Waals surface area contributed by atoms with E-state index in [0.29, 0.717) is 16.9 Å². The second kappa shape index (κ2) is 5.84. The van der Waals surface area contributed by atoms with Gasteiger partial charge in [-0.3, -0.25) is 0 Å². The quantitative estimate of drug-likeness (QED) is 0.944. The Bertz CT molecular complexity index is 551. The van der Waals surface area contributed by atoms with Crippen LogP contribution in [-0.4, -0.2) is 32.3 Å². The Morgan fingerprint density at radius 3 is 3.21 bits per heavy atom. The Hall–Kier alpha value is -1.20. The lowest BCUT2D eigenvalue weighted by Gasteiger charge is -2.22. The molecule has 19 heavy (non-hydrogen) atoms. The van der Waals surface area contributed by atoms with E-state index in [1.165, 1.54) is 18.6 Å². The molecule has 1 unspecified atom stereocenters. The Labute approximate surface area is 121 Å². The van der Waals surface area contributed by atoms with E-state index < -0.39 is 0 Å². The van der Waals surface area contributed by atoms with Crippen LogP contribution in [0.3, 0.4) is 0 Å². The fraction of sp³-hybridized carbons (Fsp3) is 0.385. The second-order valence-electron chi connectivity index (χ2n) is 4.54. The van der Waals surface area contributed by atoms with Crippen LogP contribution in [0.25, 0.3) is 5.82 Å². The van der Waals surface area contributed by atoms with E-state index in [1.807, 2.05) is 36.3 Å². The van der Waals surface area contributed by atoms with Gasteiger partial charge < -0.3 is 5.32 Å². The van der Waals surface area contributed by atoms with Gasteiger partial charge in [-0.05, 0) is 30.7 Å². The van der Waals surface area contributed by atoms with Gasteiger partial charge in [0.05, 0.1) is 23.1 Å². The molecule has 2 aromatic heterocycles. The molecule has 0 spiro atoms. The minimum atomic E-state index is 0.538. The summed E-state index contributed by atoms with van der Waals surface area (Å²) in [6.07, 6.45) is 7.98. The Morgan fingerprint density at radius 1 is 1.47 bits per heavy atom. The molecule has 1 fully saturated rings. The zero-order valence-electron chi connectivity index (χ0n) is 10.4. The van der Waals surface area contributed by atoms with E-state index in [-0.39, 0.29) is 0 Å². The predicted molar refractivity (Wildman–Crippen MR) is 80.3 cm³/mol. The third-order valence-corrected chi connectivity index (χ3v) is 4.58. The van der Waals surface area contributed by atoms with Crippen LogP contribution in [0, 0.1) is 0 Å². The summed E-state index contributed by atoms with van der Waals surface area (Å²) in [7, 11) is 0. The number of thioether (sulfide) groups is 1. The van der Waals surface area contributed by atoms with Crippen molar-refractivity contribution in [2.45, 2.75) is 18.9 Å². The smallest absolute Gasteiger partial charge is 0.172 e. The maximum absolute atomic E-state index is 6.11. The number of nitrogens with zero attached hydrogens (tertiary/aromatic N) is 3. The average molecular weight is 295 g/mol. The van der Waals surface area contributed by atoms with Crippen molar-refractivity contribution in [1.82, 2.24) is 14.8 Å². The average Bonchev–Trinajstić information content (AvgIpc) is 2.89. The molecular formula is C13H15ClN4S. The molecule has 0 radical (unpaired) electrons. The Morgan fingerprint density at radius 2 is 2.42 bits per heavy atom. The minimum Gasteiger partial charge on any atom is -0.379 e. The van der Waals surface area contributed by atoms with Crippen LogP contribution in [0.2, 0.25) is 5.02 Å². The summed E-state index contributed by atoms with van der Waals surface area (Å²) in [6, 6.07) is 4.17. The van der Waals surface area contributed by atoms with Gasteiger partial charge in [-0.15, -0.1) is 0 Å². The van der Waals surface area contributed by atoms with Gasteiger partial charge in [-0.2, -0.15) is 16.9 Å². The van der Waals surface area contributed by atoms with E-state index in [1.54, 1.807) is 10.9 Å². The molecule has 3 rings (SSSR count). The topological polar surface area (TPSA) is 42.7 Å². The first kappa shape index (κ1) is 12.8. The third-order valence-electron chi connectivity index (χ3n) is 3.07. The van der Waals surface area contributed by atoms with Crippen LogP contribution >= 0.6 is 23.4 Å². The number of anilines is 1. The van der Waals surface area contributed by atoms with Gasteiger partial charge in [0, 0.05) is 18.0 Å². The lowest BCUT2D eigenvalue weighted by Crippen LogP contribution is -2.25. The van der Waals surface area contributed by atoms with Crippen molar-refractivity contribution in [2.75, 3.05) is 16.8 Å². The molecule has 0 amide bonds. The van der Waals surface area contributed by atoms with Gasteiger partial charge in [-0.25, -0.2) is 9.67 Å². The molecule has 0 bridgehead atoms. The minimum absolute atomic E-state index is 0.538. The lowest BCUT2D eigenvalue weighted by atomic mass is 10.2. The first-order chi connectivity index (χ1) is 9.33. The maximum atomic E-state index is 6.11. The van der Waals surface area contributed by atoms with Gasteiger partial charge in [0.15, 0.2) is 5.82 Å². The lowest BCUT2D eigenvalue weighted by molar-refractivity contribution is 0.685. The van der Waals surface area contributed by atoms with Crippen LogP contribution in [-0.2, 0) is 0 Å². The normalized spacial score (nSPS) is 19.3. The van der Waals surface area contributed by atoms with Gasteiger partial charge in [0.2, 0.25) is 0 Å². The summed E-state index contributed by atoms with van der Waals surface area (Å²) in [5.74, 6) is 3.10. The van der Waals surface area contributed by atoms with Crippen LogP contribution in [0.1, 0.15) is 12.8 Å². The maximum Gasteiger partial charge on any atom is 0.172 e. The largest absolute Gasteiger partial charge is 0.379 e. The SMILES string of the molecule is Clc1cccnc1-n1cc(NC2CCCSC2)cn1. The number of aromatic nitrogens is 3. The van der Waals surface area contributed by atoms with E-state index in [0.717, 1.165) is 11.4 Å². The first-order valence-electron chi connectivity index (χ1n) is 6.33. The van der Waals surface area contributed by atoms with Crippen molar-refractivity contribution in [2.24, 2.45) is 0 Å². The molecule has 6 heteroatoms. The van der Waals surface area contributed by atoms with Crippen molar-refractivity contribution in [3.05, 3.63) is 35.7 Å². The van der Waals surface area contributed by atoms with Crippen molar-refractivity contribution in [3.8, 4) is 5.82 Å². The highest BCUT2D eigenvalue weighted by Crippen LogP contribution is 2.22. The van der Waals surface area contributed by atoms with Gasteiger partial charge in [0.1, 0.15) is 0 Å². The van der Waals surface area contributed by atoms with E-state index in [2.05, 4.69) is 15.4 Å². The van der Waals surface area contributed by atoms with E-state index in [4.69, 9.17) is 11.6 Å². The van der Waals surface area contributed by atoms with Gasteiger partial charge in [-0.1, -0.05) is 11.6 Å². The highest BCUT2D eigenvalue weighted by Gasteiger charge is 2.14. The highest BCUT2D eigenvalue weighted by molar-refractivity contribution is 7.99. The van der Waals surface area contributed by atoms with Crippen LogP contribution in [0.4, 0.5) is 5.69 Å². The molecular weight excluding hydrogens is 280 g/mol. The number of rotatable bonds is 3. The molecule has 0 aliphatic carbocycles. The number of nitrogens with one attached hydrogen (secondary N) is 1. The Kier molecular flexibility index (Phi) is 3.94. The molecule has 0 saturated carbocycles. The van der Waals surface area contributed by atoms with Crippen LogP contribution in [0.15, 0.2) is 30.7 Å². The Balaban J connectivity index is 1.74. The second-order valence-corrected chi connectivity index (χ2v) is 6.10. The number of halogens is 1. The van der Waals surface area contributed by atoms with Crippen molar-refractivity contribution in [3.63, 3.8) is 0 Å². The van der Waals surface area contributed by atoms with Gasteiger partial charge >= 0.3 is 0 Å². The summed E-state index contributed by atoms with van der Waals surface area (Å²) >= 11 is 8.12. The molecule has 1 aliphatic heterocycles. The molecule has 0 aromatic carbocycles. The zero-order valence-corrected chi connectivity index (χ0v) is 12.0. The molecule has 100 valence electrons. The molecule has 1 saturated heterocycles. The fourth-order valence-corrected chi connectivity index (χ4v) is 3.43. The van der Waals surface area contributed by atoms with Gasteiger partial charge in [0.25, 0.3) is 0 Å².